The Morgan fingerprint density at radius 2 is 0.649 bits per heavy atom. The van der Waals surface area contributed by atoms with Gasteiger partial charge in [0.2, 0.25) is 5.96 Å². The molecule has 0 atom stereocenters. The number of hydrogen-bond acceptors (Lipinski definition) is 6. The zero-order valence-corrected chi connectivity index (χ0v) is 39.5. The van der Waals surface area contributed by atoms with Crippen LogP contribution in [0, 0.1) is 0 Å². The molecule has 0 aromatic rings. The van der Waals surface area contributed by atoms with Crippen LogP contribution >= 0.6 is 0 Å². The molecular weight excluding hydrogens is 709 g/mol. The Morgan fingerprint density at radius 3 is 0.895 bits per heavy atom. The molecule has 0 unspecified atom stereocenters. The average molecular weight is 807 g/mol. The molecule has 2 amide bonds. The summed E-state index contributed by atoms with van der Waals surface area (Å²) in [6.07, 6.45) is 42.7. The van der Waals surface area contributed by atoms with E-state index in [1.807, 2.05) is 0 Å². The number of unbranched alkanes of at least 4 members (excludes halogenated alkanes) is 30. The van der Waals surface area contributed by atoms with Crippen molar-refractivity contribution in [1.29, 1.82) is 0 Å². The first-order chi connectivity index (χ1) is 27.4. The molecule has 0 aromatic carbocycles. The van der Waals surface area contributed by atoms with Gasteiger partial charge in [-0.3, -0.25) is 15.6 Å². The summed E-state index contributed by atoms with van der Waals surface area (Å²) in [5.74, 6) is 0.0586. The Hall–Kier alpha value is -1.83. The lowest BCUT2D eigenvalue weighted by molar-refractivity contribution is 0.0545. The molecule has 0 rings (SSSR count). The Balaban J connectivity index is 4.70. The Morgan fingerprint density at radius 1 is 0.404 bits per heavy atom. The highest BCUT2D eigenvalue weighted by Crippen LogP contribution is 2.16. The number of aliphatic imine (C=N–C) groups is 1. The first kappa shape index (κ1) is 55.2. The van der Waals surface area contributed by atoms with E-state index in [-0.39, 0.29) is 5.96 Å². The molecule has 2 N–H and O–H groups in total. The van der Waals surface area contributed by atoms with Crippen molar-refractivity contribution < 1.29 is 19.1 Å². The Kier molecular flexibility index (Phi) is 37.1. The molecule has 0 saturated heterocycles. The summed E-state index contributed by atoms with van der Waals surface area (Å²) in [5, 5.41) is 5.25. The fourth-order valence-corrected chi connectivity index (χ4v) is 7.32. The Labute approximate surface area is 355 Å². The minimum atomic E-state index is -0.669. The van der Waals surface area contributed by atoms with Crippen molar-refractivity contribution in [3.05, 3.63) is 0 Å². The van der Waals surface area contributed by atoms with E-state index >= 15 is 0 Å². The van der Waals surface area contributed by atoms with Crippen LogP contribution in [0.25, 0.3) is 0 Å². The van der Waals surface area contributed by atoms with Crippen LogP contribution in [0.3, 0.4) is 0 Å². The number of carbonyl (C=O) groups is 2. The third-order valence-corrected chi connectivity index (χ3v) is 10.6. The van der Waals surface area contributed by atoms with E-state index in [9.17, 15) is 9.59 Å². The van der Waals surface area contributed by atoms with Gasteiger partial charge in [0.15, 0.2) is 0 Å². The summed E-state index contributed by atoms with van der Waals surface area (Å²) in [7, 11) is 0. The van der Waals surface area contributed by atoms with Crippen molar-refractivity contribution in [3.63, 3.8) is 0 Å². The molecule has 338 valence electrons. The second kappa shape index (κ2) is 38.4. The number of carbonyl (C=O) groups excluding carboxylic acids is 2. The van der Waals surface area contributed by atoms with Crippen LogP contribution < -0.4 is 10.6 Å². The molecular formula is C49H98N4O4. The fraction of sp³-hybridized carbons (Fsp3) is 0.939. The van der Waals surface area contributed by atoms with Gasteiger partial charge in [-0.25, -0.2) is 9.59 Å². The number of nitrogens with zero attached hydrogens (tertiary/aromatic N) is 2. The number of nitrogens with one attached hydrogen (secondary N) is 2. The van der Waals surface area contributed by atoms with Gasteiger partial charge in [-0.2, -0.15) is 0 Å². The highest BCUT2D eigenvalue weighted by molar-refractivity contribution is 6.01. The van der Waals surface area contributed by atoms with Gasteiger partial charge in [-0.15, -0.1) is 0 Å². The number of rotatable bonds is 37. The molecule has 0 fully saturated rings. The average Bonchev–Trinajstić information content (AvgIpc) is 3.12. The smallest absolute Gasteiger partial charge is 0.414 e. The van der Waals surface area contributed by atoms with Crippen molar-refractivity contribution in [2.45, 2.75) is 272 Å². The maximum atomic E-state index is 12.6. The van der Waals surface area contributed by atoms with Crippen LogP contribution in [-0.2, 0) is 9.47 Å². The quantitative estimate of drug-likeness (QED) is 0.0370. The molecule has 0 radical (unpaired) electrons. The van der Waals surface area contributed by atoms with Crippen molar-refractivity contribution in [2.24, 2.45) is 4.99 Å². The van der Waals surface area contributed by atoms with Gasteiger partial charge < -0.3 is 14.4 Å². The van der Waals surface area contributed by atoms with E-state index in [2.05, 4.69) is 34.4 Å². The Bertz CT molecular complexity index is 875. The topological polar surface area (TPSA) is 92.3 Å². The SMILES string of the molecule is CCCCCCCCCCCCCCCCCCN(CCCCCCCCCCCCCCCCCC)CCN=C(NC(=O)OC(C)(C)C)NC(=O)OC(C)(C)C. The van der Waals surface area contributed by atoms with Crippen LogP contribution in [-0.4, -0.2) is 60.4 Å². The molecule has 0 aliphatic carbocycles. The van der Waals surface area contributed by atoms with E-state index in [4.69, 9.17) is 9.47 Å². The number of guanidine groups is 1. The summed E-state index contributed by atoms with van der Waals surface area (Å²) in [5.41, 5.74) is -1.34. The maximum absolute atomic E-state index is 12.6. The summed E-state index contributed by atoms with van der Waals surface area (Å²) < 4.78 is 10.9. The van der Waals surface area contributed by atoms with Crippen molar-refractivity contribution in [3.8, 4) is 0 Å². The number of alkyl carbamates (subject to hydrolysis) is 2. The van der Waals surface area contributed by atoms with Crippen LogP contribution in [0.5, 0.6) is 0 Å². The van der Waals surface area contributed by atoms with Crippen LogP contribution in [0.2, 0.25) is 0 Å². The molecule has 0 aliphatic heterocycles. The lowest BCUT2D eigenvalue weighted by atomic mass is 10.0. The monoisotopic (exact) mass is 807 g/mol. The maximum Gasteiger partial charge on any atom is 0.414 e. The van der Waals surface area contributed by atoms with E-state index < -0.39 is 23.4 Å². The van der Waals surface area contributed by atoms with Gasteiger partial charge in [0.05, 0.1) is 6.54 Å². The molecule has 0 bridgehead atoms. The largest absolute Gasteiger partial charge is 0.444 e. The zero-order chi connectivity index (χ0) is 42.3. The fourth-order valence-electron chi connectivity index (χ4n) is 7.32. The lowest BCUT2D eigenvalue weighted by Gasteiger charge is -2.23. The van der Waals surface area contributed by atoms with E-state index in [1.165, 1.54) is 205 Å². The van der Waals surface area contributed by atoms with Gasteiger partial charge in [-0.05, 0) is 67.5 Å². The summed E-state index contributed by atoms with van der Waals surface area (Å²) in [6, 6.07) is 0. The van der Waals surface area contributed by atoms with Gasteiger partial charge in [0.25, 0.3) is 0 Å². The van der Waals surface area contributed by atoms with Crippen molar-refractivity contribution in [1.82, 2.24) is 15.5 Å². The van der Waals surface area contributed by atoms with E-state index in [0.717, 1.165) is 19.6 Å². The molecule has 0 aliphatic rings. The second-order valence-corrected chi connectivity index (χ2v) is 18.9. The highest BCUT2D eigenvalue weighted by atomic mass is 16.6. The molecule has 0 heterocycles. The number of ether oxygens (including phenoxy) is 2. The molecule has 57 heavy (non-hydrogen) atoms. The third-order valence-electron chi connectivity index (χ3n) is 10.6. The second-order valence-electron chi connectivity index (χ2n) is 18.9. The van der Waals surface area contributed by atoms with E-state index in [1.54, 1.807) is 41.5 Å². The summed E-state index contributed by atoms with van der Waals surface area (Å²) >= 11 is 0. The van der Waals surface area contributed by atoms with Crippen LogP contribution in [0.1, 0.15) is 261 Å². The first-order valence-corrected chi connectivity index (χ1v) is 24.6. The molecule has 8 heteroatoms. The minimum Gasteiger partial charge on any atom is -0.444 e. The van der Waals surface area contributed by atoms with Gasteiger partial charge in [-0.1, -0.05) is 206 Å². The third kappa shape index (κ3) is 43.6. The number of amides is 2. The normalized spacial score (nSPS) is 11.9. The predicted molar refractivity (Wildman–Crippen MR) is 247 cm³/mol. The lowest BCUT2D eigenvalue weighted by Crippen LogP contribution is -2.47. The van der Waals surface area contributed by atoms with E-state index in [0.29, 0.717) is 6.54 Å². The van der Waals surface area contributed by atoms with Crippen LogP contribution in [0.4, 0.5) is 9.59 Å². The highest BCUT2D eigenvalue weighted by Gasteiger charge is 2.21. The summed E-state index contributed by atoms with van der Waals surface area (Å²) in [6.45, 7) is 18.8. The van der Waals surface area contributed by atoms with Crippen LogP contribution in [0.15, 0.2) is 4.99 Å². The van der Waals surface area contributed by atoms with Gasteiger partial charge >= 0.3 is 12.2 Å². The van der Waals surface area contributed by atoms with Gasteiger partial charge in [0, 0.05) is 6.54 Å². The number of hydrogen-bond donors (Lipinski definition) is 2. The minimum absolute atomic E-state index is 0.0586. The molecule has 8 nitrogen and oxygen atoms in total. The molecule has 0 saturated carbocycles. The molecule has 0 spiro atoms. The van der Waals surface area contributed by atoms with Crippen molar-refractivity contribution in [2.75, 3.05) is 26.2 Å². The predicted octanol–water partition coefficient (Wildman–Crippen LogP) is 15.2. The molecule has 0 aromatic heterocycles. The first-order valence-electron chi connectivity index (χ1n) is 24.6. The standard InChI is InChI=1S/C49H98N4O4/c1-9-11-13-15-17-19-21-23-25-27-29-31-33-35-37-39-42-53(43-40-38-36-34-32-30-28-26-24-22-20-18-16-14-12-10-2)44-41-50-45(51-46(54)56-48(3,4)5)52-47(55)57-49(6,7)8/h9-44H2,1-8H3,(H2,50,51,52,54,55). The van der Waals surface area contributed by atoms with Crippen molar-refractivity contribution >= 4 is 18.1 Å². The zero-order valence-electron chi connectivity index (χ0n) is 39.5. The summed E-state index contributed by atoms with van der Waals surface area (Å²) in [4.78, 5) is 32.3. The van der Waals surface area contributed by atoms with Gasteiger partial charge in [0.1, 0.15) is 11.2 Å².